The summed E-state index contributed by atoms with van der Waals surface area (Å²) in [4.78, 5) is 14.5. The normalized spacial score (nSPS) is 11.8. The van der Waals surface area contributed by atoms with Crippen molar-refractivity contribution in [2.45, 2.75) is 52.7 Å². The number of carbonyl (C=O) groups is 1. The van der Waals surface area contributed by atoms with Crippen LogP contribution < -0.4 is 10.6 Å². The molecular formula is C26H36N4O2. The molecular weight excluding hydrogens is 400 g/mol. The number of nitrogens with zero attached hydrogens (tertiary/aromatic N) is 2. The highest BCUT2D eigenvalue weighted by molar-refractivity contribution is 5.94. The summed E-state index contributed by atoms with van der Waals surface area (Å²) in [6, 6.07) is 15.5. The lowest BCUT2D eigenvalue weighted by Crippen LogP contribution is -2.36. The van der Waals surface area contributed by atoms with Gasteiger partial charge in [0.25, 0.3) is 5.91 Å². The van der Waals surface area contributed by atoms with Crippen LogP contribution in [-0.2, 0) is 6.42 Å². The maximum absolute atomic E-state index is 12.7. The maximum Gasteiger partial charge on any atom is 0.254 e. The van der Waals surface area contributed by atoms with Gasteiger partial charge in [0.1, 0.15) is 0 Å². The quantitative estimate of drug-likeness (QED) is 0.436. The first-order valence-electron chi connectivity index (χ1n) is 11.5. The topological polar surface area (TPSA) is 88.4 Å². The first-order chi connectivity index (χ1) is 15.4. The highest BCUT2D eigenvalue weighted by Gasteiger charge is 2.18. The first-order valence-corrected chi connectivity index (χ1v) is 11.5. The lowest BCUT2D eigenvalue weighted by molar-refractivity contribution is 0.0717. The Morgan fingerprint density at radius 2 is 1.94 bits per heavy atom. The molecule has 1 atom stereocenters. The Morgan fingerprint density at radius 1 is 1.16 bits per heavy atom. The summed E-state index contributed by atoms with van der Waals surface area (Å²) in [5.41, 5.74) is 3.83. The smallest absolute Gasteiger partial charge is 0.254 e. The van der Waals surface area contributed by atoms with Gasteiger partial charge in [-0.05, 0) is 75.5 Å². The van der Waals surface area contributed by atoms with Crippen molar-refractivity contribution < 1.29 is 9.90 Å². The van der Waals surface area contributed by atoms with E-state index in [1.54, 1.807) is 17.0 Å². The van der Waals surface area contributed by atoms with Crippen molar-refractivity contribution in [3.8, 4) is 6.07 Å². The summed E-state index contributed by atoms with van der Waals surface area (Å²) in [5, 5.41) is 26.7. The van der Waals surface area contributed by atoms with Gasteiger partial charge in [0.05, 0.1) is 17.7 Å². The van der Waals surface area contributed by atoms with Gasteiger partial charge in [-0.15, -0.1) is 0 Å². The average Bonchev–Trinajstić information content (AvgIpc) is 2.80. The zero-order valence-electron chi connectivity index (χ0n) is 19.7. The van der Waals surface area contributed by atoms with Crippen molar-refractivity contribution in [3.63, 3.8) is 0 Å². The average molecular weight is 437 g/mol. The number of aliphatic hydroxyl groups is 1. The van der Waals surface area contributed by atoms with Crippen molar-refractivity contribution in [2.24, 2.45) is 0 Å². The molecule has 0 aliphatic heterocycles. The number of carbonyl (C=O) groups excluding carboxylic acids is 1. The van der Waals surface area contributed by atoms with Crippen LogP contribution in [0.2, 0.25) is 0 Å². The molecule has 3 N–H and O–H groups in total. The fraction of sp³-hybridized carbons (Fsp3) is 0.462. The van der Waals surface area contributed by atoms with E-state index in [9.17, 15) is 15.2 Å². The molecule has 0 spiro atoms. The van der Waals surface area contributed by atoms with Crippen molar-refractivity contribution in [3.05, 3.63) is 64.7 Å². The third-order valence-corrected chi connectivity index (χ3v) is 5.46. The second-order valence-electron chi connectivity index (χ2n) is 8.19. The second kappa shape index (κ2) is 12.8. The minimum atomic E-state index is -0.607. The second-order valence-corrected chi connectivity index (χ2v) is 8.19. The molecule has 32 heavy (non-hydrogen) atoms. The molecule has 2 rings (SSSR count). The lowest BCUT2D eigenvalue weighted by Gasteiger charge is -2.25. The monoisotopic (exact) mass is 436 g/mol. The minimum Gasteiger partial charge on any atom is -0.387 e. The van der Waals surface area contributed by atoms with E-state index in [4.69, 9.17) is 0 Å². The first kappa shape index (κ1) is 25.4. The Kier molecular flexibility index (Phi) is 10.2. The van der Waals surface area contributed by atoms with Crippen LogP contribution in [0.3, 0.4) is 0 Å². The molecule has 2 aromatic carbocycles. The molecule has 0 heterocycles. The number of anilines is 1. The van der Waals surface area contributed by atoms with Gasteiger partial charge in [0.2, 0.25) is 0 Å². The molecule has 1 unspecified atom stereocenters. The third kappa shape index (κ3) is 7.08. The van der Waals surface area contributed by atoms with Crippen molar-refractivity contribution >= 4 is 11.6 Å². The minimum absolute atomic E-state index is 0.0533. The Bertz CT molecular complexity index is 920. The van der Waals surface area contributed by atoms with Gasteiger partial charge in [-0.25, -0.2) is 0 Å². The van der Waals surface area contributed by atoms with Crippen LogP contribution in [0.25, 0.3) is 0 Å². The van der Waals surface area contributed by atoms with Crippen LogP contribution in [0.15, 0.2) is 42.5 Å². The molecule has 1 amide bonds. The van der Waals surface area contributed by atoms with Crippen LogP contribution in [0.4, 0.5) is 5.69 Å². The molecule has 0 bridgehead atoms. The van der Waals surface area contributed by atoms with E-state index >= 15 is 0 Å². The molecule has 6 heteroatoms. The van der Waals surface area contributed by atoms with Crippen LogP contribution in [0, 0.1) is 11.3 Å². The van der Waals surface area contributed by atoms with Crippen LogP contribution in [0.1, 0.15) is 67.3 Å². The van der Waals surface area contributed by atoms with Crippen LogP contribution in [-0.4, -0.2) is 48.1 Å². The Morgan fingerprint density at radius 3 is 2.59 bits per heavy atom. The van der Waals surface area contributed by atoms with E-state index in [0.717, 1.165) is 29.8 Å². The Hall–Kier alpha value is -2.88. The van der Waals surface area contributed by atoms with Gasteiger partial charge in [-0.2, -0.15) is 5.26 Å². The fourth-order valence-corrected chi connectivity index (χ4v) is 3.65. The molecule has 0 radical (unpaired) electrons. The Labute approximate surface area is 192 Å². The van der Waals surface area contributed by atoms with E-state index in [1.807, 2.05) is 51.1 Å². The predicted octanol–water partition coefficient (Wildman–Crippen LogP) is 4.12. The van der Waals surface area contributed by atoms with E-state index in [0.29, 0.717) is 37.2 Å². The van der Waals surface area contributed by atoms with Gasteiger partial charge in [-0.1, -0.05) is 25.1 Å². The van der Waals surface area contributed by atoms with E-state index in [2.05, 4.69) is 23.6 Å². The number of nitrogens with one attached hydrogen (secondary N) is 2. The number of hydrogen-bond acceptors (Lipinski definition) is 5. The zero-order chi connectivity index (χ0) is 23.5. The fourth-order valence-electron chi connectivity index (χ4n) is 3.65. The highest BCUT2D eigenvalue weighted by Crippen LogP contribution is 2.18. The zero-order valence-corrected chi connectivity index (χ0v) is 19.7. The van der Waals surface area contributed by atoms with Gasteiger partial charge < -0.3 is 20.6 Å². The number of amides is 1. The van der Waals surface area contributed by atoms with Crippen LogP contribution in [0.5, 0.6) is 0 Å². The highest BCUT2D eigenvalue weighted by atomic mass is 16.3. The van der Waals surface area contributed by atoms with Gasteiger partial charge in [0, 0.05) is 36.9 Å². The van der Waals surface area contributed by atoms with Gasteiger partial charge in [0.15, 0.2) is 0 Å². The van der Waals surface area contributed by atoms with E-state index < -0.39 is 6.10 Å². The van der Waals surface area contributed by atoms with Crippen LogP contribution >= 0.6 is 0 Å². The van der Waals surface area contributed by atoms with Crippen molar-refractivity contribution in [1.29, 1.82) is 5.26 Å². The SMILES string of the molecule is CCCNc1cccc(C(O)CNCCc2ccc(C(=O)N(CC)C(C)C)cc2C#N)c1. The molecule has 0 fully saturated rings. The van der Waals surface area contributed by atoms with Crippen molar-refractivity contribution in [2.75, 3.05) is 31.5 Å². The molecule has 0 saturated carbocycles. The third-order valence-electron chi connectivity index (χ3n) is 5.46. The summed E-state index contributed by atoms with van der Waals surface area (Å²) < 4.78 is 0. The van der Waals surface area contributed by atoms with Crippen molar-refractivity contribution in [1.82, 2.24) is 10.2 Å². The van der Waals surface area contributed by atoms with Gasteiger partial charge >= 0.3 is 0 Å². The number of nitriles is 1. The molecule has 0 saturated heterocycles. The molecule has 0 aromatic heterocycles. The number of rotatable bonds is 12. The largest absolute Gasteiger partial charge is 0.387 e. The van der Waals surface area contributed by atoms with Gasteiger partial charge in [-0.3, -0.25) is 4.79 Å². The summed E-state index contributed by atoms with van der Waals surface area (Å²) in [6.45, 7) is 10.6. The number of aliphatic hydroxyl groups excluding tert-OH is 1. The predicted molar refractivity (Wildman–Crippen MR) is 130 cm³/mol. The van der Waals surface area contributed by atoms with E-state index in [1.165, 1.54) is 0 Å². The maximum atomic E-state index is 12.7. The number of hydrogen-bond donors (Lipinski definition) is 3. The summed E-state index contributed by atoms with van der Waals surface area (Å²) in [6.07, 6.45) is 1.08. The molecule has 2 aromatic rings. The van der Waals surface area contributed by atoms with E-state index in [-0.39, 0.29) is 11.9 Å². The molecule has 6 nitrogen and oxygen atoms in total. The molecule has 172 valence electrons. The molecule has 0 aliphatic rings. The summed E-state index contributed by atoms with van der Waals surface area (Å²) >= 11 is 0. The summed E-state index contributed by atoms with van der Waals surface area (Å²) in [7, 11) is 0. The molecule has 0 aliphatic carbocycles. The lowest BCUT2D eigenvalue weighted by atomic mass is 10.0. The number of benzene rings is 2. The summed E-state index contributed by atoms with van der Waals surface area (Å²) in [5.74, 6) is -0.0533. The Balaban J connectivity index is 1.93. The standard InChI is InChI=1S/C26H36N4O2/c1-5-13-29-24-9-7-8-21(16-24)25(31)18-28-14-12-20-10-11-22(15-23(20)17-27)26(32)30(6-2)19(3)4/h7-11,15-16,19,25,28-29,31H,5-6,12-14,18H2,1-4H3.